The zero-order valence-corrected chi connectivity index (χ0v) is 11.5. The van der Waals surface area contributed by atoms with E-state index in [0.29, 0.717) is 6.54 Å². The first-order chi connectivity index (χ1) is 8.01. The number of hydrogen-bond acceptors (Lipinski definition) is 4. The van der Waals surface area contributed by atoms with Crippen LogP contribution in [-0.2, 0) is 10.3 Å². The summed E-state index contributed by atoms with van der Waals surface area (Å²) in [4.78, 5) is 16.3. The molecule has 5 heteroatoms. The quantitative estimate of drug-likeness (QED) is 0.815. The number of nitrogens with two attached hydrogens (primary N) is 1. The Kier molecular flexibility index (Phi) is 5.08. The Hall–Kier alpha value is -0.940. The molecule has 4 nitrogen and oxygen atoms in total. The molecular formula is C12H21N3OS. The lowest BCUT2D eigenvalue weighted by molar-refractivity contribution is -0.126. The zero-order chi connectivity index (χ0) is 12.9. The number of amides is 1. The van der Waals surface area contributed by atoms with Crippen LogP contribution < -0.4 is 11.1 Å². The molecule has 0 saturated heterocycles. The number of aromatic nitrogens is 1. The fourth-order valence-electron chi connectivity index (χ4n) is 1.70. The molecule has 0 aliphatic rings. The number of hydrogen-bond donors (Lipinski definition) is 2. The van der Waals surface area contributed by atoms with Gasteiger partial charge in [0.15, 0.2) is 0 Å². The van der Waals surface area contributed by atoms with Crippen molar-refractivity contribution in [3.8, 4) is 0 Å². The third-order valence-corrected chi connectivity index (χ3v) is 3.79. The molecule has 0 fully saturated rings. The molecule has 1 aromatic rings. The molecule has 1 rings (SSSR count). The molecule has 1 atom stereocenters. The van der Waals surface area contributed by atoms with Crippen LogP contribution >= 0.6 is 11.3 Å². The van der Waals surface area contributed by atoms with Crippen LogP contribution in [0.5, 0.6) is 0 Å². The molecule has 0 spiro atoms. The van der Waals surface area contributed by atoms with E-state index in [1.54, 1.807) is 17.5 Å². The van der Waals surface area contributed by atoms with Crippen LogP contribution in [0, 0.1) is 5.92 Å². The molecule has 1 unspecified atom stereocenters. The van der Waals surface area contributed by atoms with Crippen LogP contribution in [0.1, 0.15) is 38.6 Å². The molecule has 0 radical (unpaired) electrons. The van der Waals surface area contributed by atoms with Gasteiger partial charge in [0.1, 0.15) is 5.01 Å². The number of carbonyl (C=O) groups excluding carboxylic acids is 1. The average Bonchev–Trinajstić information content (AvgIpc) is 2.78. The van der Waals surface area contributed by atoms with Crippen molar-refractivity contribution in [2.24, 2.45) is 11.7 Å². The van der Waals surface area contributed by atoms with Crippen molar-refractivity contribution in [2.45, 2.75) is 39.2 Å². The second kappa shape index (κ2) is 6.12. The number of carbonyl (C=O) groups is 1. The molecule has 0 aromatic carbocycles. The summed E-state index contributed by atoms with van der Waals surface area (Å²) in [6.45, 7) is 6.38. The van der Waals surface area contributed by atoms with Gasteiger partial charge in [-0.2, -0.15) is 0 Å². The van der Waals surface area contributed by atoms with Crippen LogP contribution in [0.25, 0.3) is 0 Å². The van der Waals surface area contributed by atoms with Gasteiger partial charge in [-0.05, 0) is 20.3 Å². The van der Waals surface area contributed by atoms with Crippen molar-refractivity contribution in [2.75, 3.05) is 6.54 Å². The maximum Gasteiger partial charge on any atom is 0.225 e. The SMILES string of the molecule is CCCC(CN)C(=O)NC(C)(C)c1nccs1. The van der Waals surface area contributed by atoms with Gasteiger partial charge in [-0.25, -0.2) is 4.98 Å². The predicted octanol–water partition coefficient (Wildman–Crippen LogP) is 1.87. The number of nitrogens with one attached hydrogen (secondary N) is 1. The van der Waals surface area contributed by atoms with Crippen molar-refractivity contribution < 1.29 is 4.79 Å². The summed E-state index contributed by atoms with van der Waals surface area (Å²) in [5.41, 5.74) is 5.20. The molecular weight excluding hydrogens is 234 g/mol. The highest BCUT2D eigenvalue weighted by Crippen LogP contribution is 2.22. The van der Waals surface area contributed by atoms with E-state index in [0.717, 1.165) is 17.8 Å². The molecule has 1 amide bonds. The van der Waals surface area contributed by atoms with Crippen LogP contribution in [0.2, 0.25) is 0 Å². The largest absolute Gasteiger partial charge is 0.344 e. The lowest BCUT2D eigenvalue weighted by Gasteiger charge is -2.26. The minimum atomic E-state index is -0.424. The Morgan fingerprint density at radius 2 is 2.35 bits per heavy atom. The smallest absolute Gasteiger partial charge is 0.225 e. The first-order valence-corrected chi connectivity index (χ1v) is 6.81. The molecule has 0 bridgehead atoms. The van der Waals surface area contributed by atoms with E-state index in [4.69, 9.17) is 5.73 Å². The Morgan fingerprint density at radius 1 is 1.65 bits per heavy atom. The van der Waals surface area contributed by atoms with Crippen LogP contribution in [-0.4, -0.2) is 17.4 Å². The molecule has 0 aliphatic heterocycles. The van der Waals surface area contributed by atoms with Gasteiger partial charge in [0.25, 0.3) is 0 Å². The standard InChI is InChI=1S/C12H21N3OS/c1-4-5-9(8-13)10(16)15-12(2,3)11-14-6-7-17-11/h6-7,9H,4-5,8,13H2,1-3H3,(H,15,16). The second-order valence-electron chi connectivity index (χ2n) is 4.67. The Morgan fingerprint density at radius 3 is 2.82 bits per heavy atom. The Balaban J connectivity index is 2.67. The number of nitrogens with zero attached hydrogens (tertiary/aromatic N) is 1. The predicted molar refractivity (Wildman–Crippen MR) is 70.7 cm³/mol. The molecule has 1 aromatic heterocycles. The summed E-state index contributed by atoms with van der Waals surface area (Å²) in [6.07, 6.45) is 3.55. The summed E-state index contributed by atoms with van der Waals surface area (Å²) < 4.78 is 0. The Labute approximate surface area is 107 Å². The highest BCUT2D eigenvalue weighted by molar-refractivity contribution is 7.09. The third kappa shape index (κ3) is 3.78. The maximum absolute atomic E-state index is 12.1. The van der Waals surface area contributed by atoms with E-state index in [1.165, 1.54) is 0 Å². The minimum Gasteiger partial charge on any atom is -0.344 e. The normalized spacial score (nSPS) is 13.4. The molecule has 17 heavy (non-hydrogen) atoms. The van der Waals surface area contributed by atoms with Crippen LogP contribution in [0.4, 0.5) is 0 Å². The van der Waals surface area contributed by atoms with E-state index in [-0.39, 0.29) is 11.8 Å². The van der Waals surface area contributed by atoms with E-state index >= 15 is 0 Å². The lowest BCUT2D eigenvalue weighted by atomic mass is 10.00. The third-order valence-electron chi connectivity index (χ3n) is 2.70. The number of thiazole rings is 1. The summed E-state index contributed by atoms with van der Waals surface area (Å²) >= 11 is 1.55. The van der Waals surface area contributed by atoms with E-state index in [9.17, 15) is 4.79 Å². The van der Waals surface area contributed by atoms with Gasteiger partial charge in [-0.3, -0.25) is 4.79 Å². The fourth-order valence-corrected chi connectivity index (χ4v) is 2.42. The summed E-state index contributed by atoms with van der Waals surface area (Å²) in [5.74, 6) is -0.0752. The van der Waals surface area contributed by atoms with Gasteiger partial charge in [-0.15, -0.1) is 11.3 Å². The van der Waals surface area contributed by atoms with Gasteiger partial charge in [0.05, 0.1) is 11.5 Å². The highest BCUT2D eigenvalue weighted by Gasteiger charge is 2.28. The first-order valence-electron chi connectivity index (χ1n) is 5.93. The minimum absolute atomic E-state index is 0.0227. The Bertz CT molecular complexity index is 349. The monoisotopic (exact) mass is 255 g/mol. The van der Waals surface area contributed by atoms with Gasteiger partial charge >= 0.3 is 0 Å². The topological polar surface area (TPSA) is 68.0 Å². The second-order valence-corrected chi connectivity index (χ2v) is 5.57. The fraction of sp³-hybridized carbons (Fsp3) is 0.667. The van der Waals surface area contributed by atoms with Crippen LogP contribution in [0.15, 0.2) is 11.6 Å². The molecule has 1 heterocycles. The van der Waals surface area contributed by atoms with E-state index in [2.05, 4.69) is 17.2 Å². The van der Waals surface area contributed by atoms with E-state index < -0.39 is 5.54 Å². The molecule has 0 saturated carbocycles. The average molecular weight is 255 g/mol. The molecule has 96 valence electrons. The van der Waals surface area contributed by atoms with Gasteiger partial charge in [0, 0.05) is 18.1 Å². The highest BCUT2D eigenvalue weighted by atomic mass is 32.1. The lowest BCUT2D eigenvalue weighted by Crippen LogP contribution is -2.45. The van der Waals surface area contributed by atoms with Gasteiger partial charge in [-0.1, -0.05) is 13.3 Å². The van der Waals surface area contributed by atoms with Crippen molar-refractivity contribution in [3.05, 3.63) is 16.6 Å². The summed E-state index contributed by atoms with van der Waals surface area (Å²) in [7, 11) is 0. The van der Waals surface area contributed by atoms with Crippen molar-refractivity contribution in [1.82, 2.24) is 10.3 Å². The van der Waals surface area contributed by atoms with Crippen LogP contribution in [0.3, 0.4) is 0 Å². The first kappa shape index (κ1) is 14.1. The van der Waals surface area contributed by atoms with Gasteiger partial charge in [0.2, 0.25) is 5.91 Å². The van der Waals surface area contributed by atoms with Crippen molar-refractivity contribution in [3.63, 3.8) is 0 Å². The number of rotatable bonds is 6. The van der Waals surface area contributed by atoms with E-state index in [1.807, 2.05) is 19.2 Å². The maximum atomic E-state index is 12.1. The molecule has 3 N–H and O–H groups in total. The van der Waals surface area contributed by atoms with Gasteiger partial charge < -0.3 is 11.1 Å². The summed E-state index contributed by atoms with van der Waals surface area (Å²) in [6, 6.07) is 0. The molecule has 0 aliphatic carbocycles. The van der Waals surface area contributed by atoms with Crippen molar-refractivity contribution in [1.29, 1.82) is 0 Å². The van der Waals surface area contributed by atoms with Crippen molar-refractivity contribution >= 4 is 17.2 Å². The summed E-state index contributed by atoms with van der Waals surface area (Å²) in [5, 5.41) is 5.85. The zero-order valence-electron chi connectivity index (χ0n) is 10.7.